The van der Waals surface area contributed by atoms with E-state index in [4.69, 9.17) is 10.5 Å². The number of nitrogen functional groups attached to an aromatic ring is 1. The maximum atomic E-state index is 12.9. The van der Waals surface area contributed by atoms with Gasteiger partial charge < -0.3 is 15.8 Å². The van der Waals surface area contributed by atoms with E-state index < -0.39 is 0 Å². The van der Waals surface area contributed by atoms with Gasteiger partial charge in [-0.25, -0.2) is 9.18 Å². The molecule has 2 aromatic rings. The average Bonchev–Trinajstić information content (AvgIpc) is 2.52. The summed E-state index contributed by atoms with van der Waals surface area (Å²) in [5, 5.41) is 3.11. The Kier molecular flexibility index (Phi) is 5.11. The number of nitrogens with zero attached hydrogens (tertiary/aromatic N) is 1. The lowest BCUT2D eigenvalue weighted by atomic mass is 10.2. The van der Waals surface area contributed by atoms with Crippen molar-refractivity contribution in [2.24, 2.45) is 4.99 Å². The van der Waals surface area contributed by atoms with Gasteiger partial charge in [0.15, 0.2) is 0 Å². The monoisotopic (exact) mass is 301 g/mol. The molecule has 5 nitrogen and oxygen atoms in total. The van der Waals surface area contributed by atoms with Crippen molar-refractivity contribution in [3.63, 3.8) is 0 Å². The fourth-order valence-electron chi connectivity index (χ4n) is 1.98. The molecule has 2 rings (SSSR count). The third-order valence-corrected chi connectivity index (χ3v) is 3.03. The van der Waals surface area contributed by atoms with Crippen molar-refractivity contribution in [1.82, 2.24) is 0 Å². The number of halogens is 1. The van der Waals surface area contributed by atoms with Gasteiger partial charge in [-0.2, -0.15) is 4.99 Å². The van der Waals surface area contributed by atoms with E-state index in [1.165, 1.54) is 18.2 Å². The lowest BCUT2D eigenvalue weighted by molar-refractivity contribution is 0.342. The Balaban J connectivity index is 2.24. The van der Waals surface area contributed by atoms with Gasteiger partial charge in [-0.05, 0) is 36.8 Å². The largest absolute Gasteiger partial charge is 0.492 e. The molecule has 2 aromatic carbocycles. The first kappa shape index (κ1) is 15.5. The molecule has 114 valence electrons. The topological polar surface area (TPSA) is 76.7 Å². The quantitative estimate of drug-likeness (QED) is 0.487. The molecule has 0 atom stereocenters. The van der Waals surface area contributed by atoms with Crippen LogP contribution in [0.25, 0.3) is 0 Å². The van der Waals surface area contributed by atoms with Crippen LogP contribution in [0.2, 0.25) is 0 Å². The van der Waals surface area contributed by atoms with E-state index in [-0.39, 0.29) is 17.2 Å². The molecule has 0 saturated heterocycles. The molecule has 0 unspecified atom stereocenters. The maximum absolute atomic E-state index is 12.9. The lowest BCUT2D eigenvalue weighted by Gasteiger charge is -2.14. The molecule has 6 heteroatoms. The molecule has 0 aliphatic carbocycles. The number of nitrogens with one attached hydrogen (secondary N) is 1. The number of isocyanates is 1. The molecule has 0 aliphatic rings. The second kappa shape index (κ2) is 7.24. The molecular formula is C16H16FN3O2. The van der Waals surface area contributed by atoms with Crippen LogP contribution in [0.5, 0.6) is 5.75 Å². The van der Waals surface area contributed by atoms with Crippen LogP contribution in [0.15, 0.2) is 41.4 Å². The van der Waals surface area contributed by atoms with Crippen LogP contribution in [0, 0.1) is 5.82 Å². The van der Waals surface area contributed by atoms with Crippen molar-refractivity contribution in [1.29, 1.82) is 0 Å². The lowest BCUT2D eigenvalue weighted by Crippen LogP contribution is -2.03. The SMILES string of the molecule is CCOc1ccc(NCc2ccc(F)cc2)c(N=C=O)c1N. The maximum Gasteiger partial charge on any atom is 0.240 e. The third-order valence-electron chi connectivity index (χ3n) is 3.03. The molecule has 0 fully saturated rings. The molecule has 3 N–H and O–H groups in total. The number of hydrogen-bond donors (Lipinski definition) is 2. The molecule has 0 heterocycles. The normalized spacial score (nSPS) is 9.91. The third kappa shape index (κ3) is 3.62. The zero-order chi connectivity index (χ0) is 15.9. The van der Waals surface area contributed by atoms with E-state index in [9.17, 15) is 9.18 Å². The Morgan fingerprint density at radius 2 is 2.00 bits per heavy atom. The Morgan fingerprint density at radius 1 is 1.27 bits per heavy atom. The van der Waals surface area contributed by atoms with Crippen LogP contribution in [0.3, 0.4) is 0 Å². The number of nitrogens with two attached hydrogens (primary N) is 1. The molecule has 0 saturated carbocycles. The van der Waals surface area contributed by atoms with Gasteiger partial charge in [-0.3, -0.25) is 0 Å². The van der Waals surface area contributed by atoms with Crippen molar-refractivity contribution in [3.8, 4) is 5.75 Å². The fraction of sp³-hybridized carbons (Fsp3) is 0.188. The van der Waals surface area contributed by atoms with Crippen LogP contribution in [-0.2, 0) is 11.3 Å². The van der Waals surface area contributed by atoms with Crippen molar-refractivity contribution in [3.05, 3.63) is 47.8 Å². The van der Waals surface area contributed by atoms with Crippen LogP contribution < -0.4 is 15.8 Å². The highest BCUT2D eigenvalue weighted by Gasteiger charge is 2.11. The predicted molar refractivity (Wildman–Crippen MR) is 83.5 cm³/mol. The molecule has 0 bridgehead atoms. The minimum Gasteiger partial charge on any atom is -0.492 e. The number of rotatable bonds is 6. The van der Waals surface area contributed by atoms with Crippen LogP contribution in [0.1, 0.15) is 12.5 Å². The standard InChI is InChI=1S/C16H16FN3O2/c1-2-22-14-8-7-13(16(15(14)18)20-10-21)19-9-11-3-5-12(17)6-4-11/h3-8,19H,2,9,18H2,1H3. The van der Waals surface area contributed by atoms with Gasteiger partial charge in [0.25, 0.3) is 0 Å². The van der Waals surface area contributed by atoms with Gasteiger partial charge in [-0.15, -0.1) is 0 Å². The average molecular weight is 301 g/mol. The summed E-state index contributed by atoms with van der Waals surface area (Å²) in [6, 6.07) is 9.53. The molecule has 0 amide bonds. The van der Waals surface area contributed by atoms with E-state index in [1.54, 1.807) is 24.3 Å². The summed E-state index contributed by atoms with van der Waals surface area (Å²) in [5.74, 6) is 0.170. The zero-order valence-electron chi connectivity index (χ0n) is 12.1. The van der Waals surface area contributed by atoms with Gasteiger partial charge in [0, 0.05) is 6.54 Å². The highest BCUT2D eigenvalue weighted by molar-refractivity contribution is 5.84. The van der Waals surface area contributed by atoms with Gasteiger partial charge in [0.05, 0.1) is 12.3 Å². The van der Waals surface area contributed by atoms with Gasteiger partial charge in [-0.1, -0.05) is 12.1 Å². The van der Waals surface area contributed by atoms with Crippen molar-refractivity contribution in [2.45, 2.75) is 13.5 Å². The highest BCUT2D eigenvalue weighted by atomic mass is 19.1. The summed E-state index contributed by atoms with van der Waals surface area (Å²) in [4.78, 5) is 14.2. The second-order valence-corrected chi connectivity index (χ2v) is 4.49. The molecule has 0 aromatic heterocycles. The van der Waals surface area contributed by atoms with Gasteiger partial charge in [0.2, 0.25) is 6.08 Å². The summed E-state index contributed by atoms with van der Waals surface area (Å²) < 4.78 is 18.2. The number of anilines is 2. The number of hydrogen-bond acceptors (Lipinski definition) is 5. The first-order valence-corrected chi connectivity index (χ1v) is 6.77. The predicted octanol–water partition coefficient (Wildman–Crippen LogP) is 3.39. The summed E-state index contributed by atoms with van der Waals surface area (Å²) in [7, 11) is 0. The van der Waals surface area contributed by atoms with E-state index >= 15 is 0 Å². The molecule has 22 heavy (non-hydrogen) atoms. The molecule has 0 aliphatic heterocycles. The van der Waals surface area contributed by atoms with Gasteiger partial charge >= 0.3 is 0 Å². The first-order chi connectivity index (χ1) is 10.7. The van der Waals surface area contributed by atoms with Crippen LogP contribution >= 0.6 is 0 Å². The van der Waals surface area contributed by atoms with E-state index in [2.05, 4.69) is 10.3 Å². The van der Waals surface area contributed by atoms with Crippen molar-refractivity contribution < 1.29 is 13.9 Å². The molecule has 0 spiro atoms. The first-order valence-electron chi connectivity index (χ1n) is 6.77. The summed E-state index contributed by atoms with van der Waals surface area (Å²) in [6.45, 7) is 2.73. The Bertz CT molecular complexity index is 695. The molecular weight excluding hydrogens is 285 g/mol. The number of aliphatic imine (C=N–C) groups is 1. The smallest absolute Gasteiger partial charge is 0.240 e. The minimum atomic E-state index is -0.291. The highest BCUT2D eigenvalue weighted by Crippen LogP contribution is 2.38. The Labute approximate surface area is 127 Å². The molecule has 0 radical (unpaired) electrons. The summed E-state index contributed by atoms with van der Waals surface area (Å²) >= 11 is 0. The Hall–Kier alpha value is -2.85. The number of ether oxygens (including phenoxy) is 1. The van der Waals surface area contributed by atoms with Crippen LogP contribution in [0.4, 0.5) is 21.5 Å². The summed E-state index contributed by atoms with van der Waals surface area (Å²) in [5.41, 5.74) is 7.97. The zero-order valence-corrected chi connectivity index (χ0v) is 12.1. The summed E-state index contributed by atoms with van der Waals surface area (Å²) in [6.07, 6.45) is 1.49. The van der Waals surface area contributed by atoms with E-state index in [0.29, 0.717) is 24.6 Å². The van der Waals surface area contributed by atoms with Gasteiger partial charge in [0.1, 0.15) is 22.9 Å². The van der Waals surface area contributed by atoms with E-state index in [0.717, 1.165) is 5.56 Å². The minimum absolute atomic E-state index is 0.273. The van der Waals surface area contributed by atoms with Crippen molar-refractivity contribution in [2.75, 3.05) is 17.7 Å². The fourth-order valence-corrected chi connectivity index (χ4v) is 1.98. The van der Waals surface area contributed by atoms with Crippen LogP contribution in [-0.4, -0.2) is 12.7 Å². The van der Waals surface area contributed by atoms with Crippen molar-refractivity contribution >= 4 is 23.1 Å². The second-order valence-electron chi connectivity index (χ2n) is 4.49. The Morgan fingerprint density at radius 3 is 2.64 bits per heavy atom. The number of carbonyl (C=O) groups excluding carboxylic acids is 1. The van der Waals surface area contributed by atoms with E-state index in [1.807, 2.05) is 6.92 Å². The number of benzene rings is 2.